The lowest BCUT2D eigenvalue weighted by atomic mass is 10.1. The molecule has 0 atom stereocenters. The Morgan fingerprint density at radius 2 is 2.31 bits per heavy atom. The average Bonchev–Trinajstić information content (AvgIpc) is 2.55. The van der Waals surface area contributed by atoms with Gasteiger partial charge in [0, 0.05) is 20.3 Å². The predicted molar refractivity (Wildman–Crippen MR) is 62.2 cm³/mol. The first-order valence-corrected chi connectivity index (χ1v) is 5.21. The Balaban J connectivity index is 2.27. The van der Waals surface area contributed by atoms with Gasteiger partial charge in [0.1, 0.15) is 0 Å². The second-order valence-electron chi connectivity index (χ2n) is 3.68. The lowest BCUT2D eigenvalue weighted by Crippen LogP contribution is -2.24. The number of oxazole rings is 1. The van der Waals surface area contributed by atoms with Crippen LogP contribution < -0.4 is 16.8 Å². The first-order valence-electron chi connectivity index (χ1n) is 5.21. The largest absolute Gasteiger partial charge is 0.419 e. The van der Waals surface area contributed by atoms with Crippen LogP contribution in [0.15, 0.2) is 27.4 Å². The van der Waals surface area contributed by atoms with Gasteiger partial charge in [-0.3, -0.25) is 4.57 Å². The van der Waals surface area contributed by atoms with E-state index in [4.69, 9.17) is 10.2 Å². The highest BCUT2D eigenvalue weighted by molar-refractivity contribution is 5.73. The average molecular weight is 221 g/mol. The van der Waals surface area contributed by atoms with E-state index >= 15 is 0 Å². The fourth-order valence-electron chi connectivity index (χ4n) is 1.67. The molecule has 0 amide bonds. The molecule has 0 bridgehead atoms. The highest BCUT2D eigenvalue weighted by Crippen LogP contribution is 2.14. The number of hydrogen-bond acceptors (Lipinski definition) is 4. The molecule has 0 saturated heterocycles. The van der Waals surface area contributed by atoms with Gasteiger partial charge in [-0.05, 0) is 24.1 Å². The summed E-state index contributed by atoms with van der Waals surface area (Å²) in [4.78, 5) is 11.3. The Morgan fingerprint density at radius 1 is 1.50 bits per heavy atom. The van der Waals surface area contributed by atoms with Gasteiger partial charge in [0.25, 0.3) is 0 Å². The van der Waals surface area contributed by atoms with E-state index < -0.39 is 0 Å². The number of hydrogen-bond donors (Lipinski definition) is 2. The predicted octanol–water partition coefficient (Wildman–Crippen LogP) is 0.180. The molecule has 1 heterocycles. The SMILES string of the molecule is Cn1c(=O)oc2cc(CCNCN)ccc21. The molecule has 16 heavy (non-hydrogen) atoms. The molecule has 1 aromatic carbocycles. The summed E-state index contributed by atoms with van der Waals surface area (Å²) in [6, 6.07) is 5.79. The molecule has 0 aliphatic carbocycles. The van der Waals surface area contributed by atoms with Crippen LogP contribution >= 0.6 is 0 Å². The molecule has 0 unspecified atom stereocenters. The van der Waals surface area contributed by atoms with Gasteiger partial charge in [0.15, 0.2) is 5.58 Å². The first-order chi connectivity index (χ1) is 7.72. The zero-order valence-electron chi connectivity index (χ0n) is 9.19. The van der Waals surface area contributed by atoms with E-state index in [0.717, 1.165) is 24.0 Å². The van der Waals surface area contributed by atoms with Gasteiger partial charge in [-0.1, -0.05) is 6.07 Å². The molecule has 86 valence electrons. The lowest BCUT2D eigenvalue weighted by molar-refractivity contribution is 0.527. The number of nitrogens with one attached hydrogen (secondary N) is 1. The molecule has 3 N–H and O–H groups in total. The number of nitrogens with two attached hydrogens (primary N) is 1. The molecule has 5 heteroatoms. The Bertz CT molecular complexity index is 542. The minimum atomic E-state index is -0.327. The third kappa shape index (κ3) is 2.00. The number of fused-ring (bicyclic) bond motifs is 1. The summed E-state index contributed by atoms with van der Waals surface area (Å²) in [5, 5.41) is 3.04. The van der Waals surface area contributed by atoms with Gasteiger partial charge >= 0.3 is 5.76 Å². The number of rotatable bonds is 4. The Kier molecular flexibility index (Phi) is 3.07. The Morgan fingerprint density at radius 3 is 3.06 bits per heavy atom. The van der Waals surface area contributed by atoms with Crippen molar-refractivity contribution in [3.63, 3.8) is 0 Å². The fraction of sp³-hybridized carbons (Fsp3) is 0.364. The zero-order valence-corrected chi connectivity index (χ0v) is 9.19. The summed E-state index contributed by atoms with van der Waals surface area (Å²) in [5.74, 6) is -0.327. The highest BCUT2D eigenvalue weighted by Gasteiger charge is 2.05. The van der Waals surface area contributed by atoms with E-state index in [1.807, 2.05) is 18.2 Å². The van der Waals surface area contributed by atoms with Crippen LogP contribution in [-0.4, -0.2) is 17.8 Å². The third-order valence-corrected chi connectivity index (χ3v) is 2.59. The van der Waals surface area contributed by atoms with Crippen LogP contribution in [-0.2, 0) is 13.5 Å². The number of aryl methyl sites for hydroxylation is 1. The van der Waals surface area contributed by atoms with Gasteiger partial charge in [0.2, 0.25) is 0 Å². The normalized spacial score (nSPS) is 11.1. The van der Waals surface area contributed by atoms with Crippen molar-refractivity contribution < 1.29 is 4.42 Å². The summed E-state index contributed by atoms with van der Waals surface area (Å²) < 4.78 is 6.61. The molecular formula is C11H15N3O2. The molecule has 0 aliphatic rings. The molecule has 5 nitrogen and oxygen atoms in total. The standard InChI is InChI=1S/C11H15N3O2/c1-14-9-3-2-8(4-5-13-7-12)6-10(9)16-11(14)15/h2-3,6,13H,4-5,7,12H2,1H3. The monoisotopic (exact) mass is 221 g/mol. The molecule has 0 aliphatic heterocycles. The van der Waals surface area contributed by atoms with Gasteiger partial charge in [-0.15, -0.1) is 0 Å². The van der Waals surface area contributed by atoms with Crippen molar-refractivity contribution in [2.75, 3.05) is 13.2 Å². The maximum atomic E-state index is 11.3. The molecule has 0 radical (unpaired) electrons. The van der Waals surface area contributed by atoms with Crippen LogP contribution in [0, 0.1) is 0 Å². The first kappa shape index (κ1) is 10.9. The van der Waals surface area contributed by atoms with Crippen molar-refractivity contribution in [2.45, 2.75) is 6.42 Å². The number of nitrogens with zero attached hydrogens (tertiary/aromatic N) is 1. The quantitative estimate of drug-likeness (QED) is 0.570. The van der Waals surface area contributed by atoms with Gasteiger partial charge < -0.3 is 15.5 Å². The summed E-state index contributed by atoms with van der Waals surface area (Å²) in [5.41, 5.74) is 7.92. The maximum absolute atomic E-state index is 11.3. The molecular weight excluding hydrogens is 206 g/mol. The summed E-state index contributed by atoms with van der Waals surface area (Å²) >= 11 is 0. The highest BCUT2D eigenvalue weighted by atomic mass is 16.4. The van der Waals surface area contributed by atoms with E-state index in [1.54, 1.807) is 7.05 Å². The van der Waals surface area contributed by atoms with Crippen molar-refractivity contribution in [1.82, 2.24) is 9.88 Å². The molecule has 0 saturated carbocycles. The van der Waals surface area contributed by atoms with Crippen molar-refractivity contribution in [1.29, 1.82) is 0 Å². The topological polar surface area (TPSA) is 73.2 Å². The van der Waals surface area contributed by atoms with Crippen molar-refractivity contribution in [3.05, 3.63) is 34.3 Å². The minimum Gasteiger partial charge on any atom is -0.408 e. The van der Waals surface area contributed by atoms with Gasteiger partial charge in [0.05, 0.1) is 5.52 Å². The second kappa shape index (κ2) is 4.51. The van der Waals surface area contributed by atoms with Crippen molar-refractivity contribution in [2.24, 2.45) is 12.8 Å². The van der Waals surface area contributed by atoms with Crippen LogP contribution in [0.4, 0.5) is 0 Å². The Labute approximate surface area is 92.8 Å². The molecule has 2 aromatic rings. The van der Waals surface area contributed by atoms with E-state index in [1.165, 1.54) is 4.57 Å². The van der Waals surface area contributed by atoms with Crippen LogP contribution in [0.1, 0.15) is 5.56 Å². The van der Waals surface area contributed by atoms with Crippen LogP contribution in [0.3, 0.4) is 0 Å². The lowest BCUT2D eigenvalue weighted by Gasteiger charge is -2.01. The third-order valence-electron chi connectivity index (χ3n) is 2.59. The van der Waals surface area contributed by atoms with Crippen LogP contribution in [0.25, 0.3) is 11.1 Å². The molecule has 0 spiro atoms. The maximum Gasteiger partial charge on any atom is 0.419 e. The summed E-state index contributed by atoms with van der Waals surface area (Å²) in [6.07, 6.45) is 0.867. The van der Waals surface area contributed by atoms with Gasteiger partial charge in [-0.25, -0.2) is 4.79 Å². The Hall–Kier alpha value is -1.59. The van der Waals surface area contributed by atoms with Crippen molar-refractivity contribution in [3.8, 4) is 0 Å². The van der Waals surface area contributed by atoms with Gasteiger partial charge in [-0.2, -0.15) is 0 Å². The van der Waals surface area contributed by atoms with Crippen LogP contribution in [0.5, 0.6) is 0 Å². The smallest absolute Gasteiger partial charge is 0.408 e. The summed E-state index contributed by atoms with van der Waals surface area (Å²) in [6.45, 7) is 1.29. The number of benzene rings is 1. The zero-order chi connectivity index (χ0) is 11.5. The number of aromatic nitrogens is 1. The van der Waals surface area contributed by atoms with Crippen LogP contribution in [0.2, 0.25) is 0 Å². The fourth-order valence-corrected chi connectivity index (χ4v) is 1.67. The van der Waals surface area contributed by atoms with E-state index in [0.29, 0.717) is 12.3 Å². The second-order valence-corrected chi connectivity index (χ2v) is 3.68. The van der Waals surface area contributed by atoms with E-state index in [-0.39, 0.29) is 5.76 Å². The van der Waals surface area contributed by atoms with Crippen molar-refractivity contribution >= 4 is 11.1 Å². The van der Waals surface area contributed by atoms with E-state index in [9.17, 15) is 4.79 Å². The van der Waals surface area contributed by atoms with E-state index in [2.05, 4.69) is 5.32 Å². The molecule has 1 aromatic heterocycles. The summed E-state index contributed by atoms with van der Waals surface area (Å²) in [7, 11) is 1.70. The minimum absolute atomic E-state index is 0.327. The molecule has 2 rings (SSSR count). The molecule has 0 fully saturated rings.